The molecule has 3 N–H and O–H groups in total. The normalized spacial score (nSPS) is 18.8. The maximum atomic E-state index is 12.4. The summed E-state index contributed by atoms with van der Waals surface area (Å²) in [6, 6.07) is 10.1. The summed E-state index contributed by atoms with van der Waals surface area (Å²) in [5.41, 5.74) is 1.74. The summed E-state index contributed by atoms with van der Waals surface area (Å²) in [5, 5.41) is 18.8. The monoisotopic (exact) mass is 329 g/mol. The van der Waals surface area contributed by atoms with Crippen LogP contribution in [0.3, 0.4) is 0 Å². The number of nitrogens with zero attached hydrogens (tertiary/aromatic N) is 1. The van der Waals surface area contributed by atoms with Crippen molar-refractivity contribution >= 4 is 11.9 Å². The number of hydrogen-bond donors (Lipinski definition) is 3. The first kappa shape index (κ1) is 16.2. The number of aromatic amines is 1. The van der Waals surface area contributed by atoms with Crippen LogP contribution in [-0.4, -0.2) is 46.4 Å². The van der Waals surface area contributed by atoms with Crippen LogP contribution in [-0.2, 0) is 9.53 Å². The maximum absolute atomic E-state index is 12.4. The van der Waals surface area contributed by atoms with Crippen molar-refractivity contribution < 1.29 is 19.4 Å². The Morgan fingerprint density at radius 1 is 1.33 bits per heavy atom. The van der Waals surface area contributed by atoms with Crippen molar-refractivity contribution in [1.82, 2.24) is 15.5 Å². The number of carboxylic acids is 1. The lowest BCUT2D eigenvalue weighted by Crippen LogP contribution is -2.48. The third-order valence-electron chi connectivity index (χ3n) is 4.11. The minimum atomic E-state index is -1.05. The number of carbonyl (C=O) groups is 2. The van der Waals surface area contributed by atoms with Crippen molar-refractivity contribution in [1.29, 1.82) is 0 Å². The zero-order valence-corrected chi connectivity index (χ0v) is 13.1. The molecular weight excluding hydrogens is 310 g/mol. The molecule has 1 aliphatic heterocycles. The number of hydrogen-bond acceptors (Lipinski definition) is 4. The largest absolute Gasteiger partial charge is 0.480 e. The Hall–Kier alpha value is -2.67. The summed E-state index contributed by atoms with van der Waals surface area (Å²) in [6.45, 7) is 0.979. The summed E-state index contributed by atoms with van der Waals surface area (Å²) in [6.07, 6.45) is 1.52. The molecule has 1 amide bonds. The molecule has 2 aromatic rings. The summed E-state index contributed by atoms with van der Waals surface area (Å²) in [5.74, 6) is -1.76. The smallest absolute Gasteiger partial charge is 0.326 e. The molecule has 2 heterocycles. The number of nitrogens with one attached hydrogen (secondary N) is 2. The van der Waals surface area contributed by atoms with E-state index >= 15 is 0 Å². The minimum Gasteiger partial charge on any atom is -0.480 e. The SMILES string of the molecule is O=C(NC(C(=O)O)C1CCCOC1)c1cc(-c2ccccc2)n[nH]1. The zero-order chi connectivity index (χ0) is 16.9. The summed E-state index contributed by atoms with van der Waals surface area (Å²) in [7, 11) is 0. The van der Waals surface area contributed by atoms with E-state index in [0.717, 1.165) is 18.4 Å². The van der Waals surface area contributed by atoms with Gasteiger partial charge in [0.15, 0.2) is 0 Å². The van der Waals surface area contributed by atoms with Gasteiger partial charge in [-0.05, 0) is 18.9 Å². The second-order valence-corrected chi connectivity index (χ2v) is 5.80. The molecule has 2 unspecified atom stereocenters. The van der Waals surface area contributed by atoms with Gasteiger partial charge in [0.2, 0.25) is 0 Å². The molecule has 0 bridgehead atoms. The van der Waals surface area contributed by atoms with Crippen LogP contribution in [0.15, 0.2) is 36.4 Å². The topological polar surface area (TPSA) is 104 Å². The van der Waals surface area contributed by atoms with Crippen LogP contribution in [0.4, 0.5) is 0 Å². The fraction of sp³-hybridized carbons (Fsp3) is 0.353. The molecule has 0 spiro atoms. The lowest BCUT2D eigenvalue weighted by molar-refractivity contribution is -0.142. The zero-order valence-electron chi connectivity index (χ0n) is 13.1. The molecule has 1 fully saturated rings. The van der Waals surface area contributed by atoms with Crippen LogP contribution in [0.5, 0.6) is 0 Å². The van der Waals surface area contributed by atoms with Crippen LogP contribution in [0.1, 0.15) is 23.3 Å². The van der Waals surface area contributed by atoms with E-state index in [1.54, 1.807) is 6.07 Å². The molecule has 126 valence electrons. The van der Waals surface area contributed by atoms with Crippen molar-refractivity contribution in [2.24, 2.45) is 5.92 Å². The highest BCUT2D eigenvalue weighted by Crippen LogP contribution is 2.19. The number of ether oxygens (including phenoxy) is 1. The highest BCUT2D eigenvalue weighted by Gasteiger charge is 2.32. The van der Waals surface area contributed by atoms with Gasteiger partial charge in [-0.1, -0.05) is 30.3 Å². The Balaban J connectivity index is 1.71. The number of benzene rings is 1. The highest BCUT2D eigenvalue weighted by molar-refractivity contribution is 5.95. The lowest BCUT2D eigenvalue weighted by atomic mass is 9.93. The molecule has 1 aromatic heterocycles. The Morgan fingerprint density at radius 2 is 2.12 bits per heavy atom. The lowest BCUT2D eigenvalue weighted by Gasteiger charge is -2.27. The average Bonchev–Trinajstić information content (AvgIpc) is 3.11. The Bertz CT molecular complexity index is 708. The standard InChI is InChI=1S/C17H19N3O4/c21-16(18-15(17(22)23)12-7-4-8-24-10-12)14-9-13(19-20-14)11-5-2-1-3-6-11/h1-3,5-6,9,12,15H,4,7-8,10H2,(H,18,21)(H,19,20)(H,22,23). The molecule has 0 aliphatic carbocycles. The number of aromatic nitrogens is 2. The molecular formula is C17H19N3O4. The fourth-order valence-electron chi connectivity index (χ4n) is 2.82. The molecule has 1 aromatic carbocycles. The average molecular weight is 329 g/mol. The summed E-state index contributed by atoms with van der Waals surface area (Å²) in [4.78, 5) is 23.9. The van der Waals surface area contributed by atoms with Gasteiger partial charge in [-0.15, -0.1) is 0 Å². The van der Waals surface area contributed by atoms with E-state index in [2.05, 4.69) is 15.5 Å². The summed E-state index contributed by atoms with van der Waals surface area (Å²) < 4.78 is 5.33. The maximum Gasteiger partial charge on any atom is 0.326 e. The Kier molecular flexibility index (Phi) is 4.90. The van der Waals surface area contributed by atoms with E-state index in [0.29, 0.717) is 18.9 Å². The minimum absolute atomic E-state index is 0.225. The van der Waals surface area contributed by atoms with Gasteiger partial charge >= 0.3 is 5.97 Å². The van der Waals surface area contributed by atoms with Crippen LogP contribution < -0.4 is 5.32 Å². The molecule has 0 radical (unpaired) electrons. The van der Waals surface area contributed by atoms with Gasteiger partial charge in [0.1, 0.15) is 11.7 Å². The van der Waals surface area contributed by atoms with E-state index in [4.69, 9.17) is 4.74 Å². The molecule has 3 rings (SSSR count). The summed E-state index contributed by atoms with van der Waals surface area (Å²) >= 11 is 0. The second-order valence-electron chi connectivity index (χ2n) is 5.80. The van der Waals surface area contributed by atoms with Crippen LogP contribution in [0, 0.1) is 5.92 Å². The molecule has 24 heavy (non-hydrogen) atoms. The number of carbonyl (C=O) groups excluding carboxylic acids is 1. The van der Waals surface area contributed by atoms with Crippen LogP contribution in [0.2, 0.25) is 0 Å². The Labute approximate surface area is 139 Å². The Morgan fingerprint density at radius 3 is 2.79 bits per heavy atom. The third-order valence-corrected chi connectivity index (χ3v) is 4.11. The van der Waals surface area contributed by atoms with Crippen LogP contribution >= 0.6 is 0 Å². The van der Waals surface area contributed by atoms with Gasteiger partial charge in [-0.2, -0.15) is 5.10 Å². The number of H-pyrrole nitrogens is 1. The highest BCUT2D eigenvalue weighted by atomic mass is 16.5. The number of carboxylic acid groups (broad SMARTS) is 1. The van der Waals surface area contributed by atoms with Crippen molar-refractivity contribution in [3.05, 3.63) is 42.1 Å². The molecule has 1 saturated heterocycles. The fourth-order valence-corrected chi connectivity index (χ4v) is 2.82. The van der Waals surface area contributed by atoms with E-state index in [1.807, 2.05) is 30.3 Å². The van der Waals surface area contributed by atoms with Crippen molar-refractivity contribution in [2.75, 3.05) is 13.2 Å². The van der Waals surface area contributed by atoms with Gasteiger partial charge in [0.25, 0.3) is 5.91 Å². The number of amides is 1. The van der Waals surface area contributed by atoms with E-state index in [-0.39, 0.29) is 11.6 Å². The molecule has 7 nitrogen and oxygen atoms in total. The van der Waals surface area contributed by atoms with E-state index in [9.17, 15) is 14.7 Å². The molecule has 0 saturated carbocycles. The predicted molar refractivity (Wildman–Crippen MR) is 86.5 cm³/mol. The van der Waals surface area contributed by atoms with E-state index in [1.165, 1.54) is 0 Å². The second kappa shape index (κ2) is 7.27. The first-order chi connectivity index (χ1) is 11.6. The van der Waals surface area contributed by atoms with Gasteiger partial charge in [-0.25, -0.2) is 4.79 Å². The van der Waals surface area contributed by atoms with Gasteiger partial charge in [-0.3, -0.25) is 9.89 Å². The van der Waals surface area contributed by atoms with Gasteiger partial charge < -0.3 is 15.2 Å². The third kappa shape index (κ3) is 3.62. The van der Waals surface area contributed by atoms with Crippen LogP contribution in [0.25, 0.3) is 11.3 Å². The quantitative estimate of drug-likeness (QED) is 0.774. The van der Waals surface area contributed by atoms with Crippen molar-refractivity contribution in [3.63, 3.8) is 0 Å². The first-order valence-electron chi connectivity index (χ1n) is 7.87. The van der Waals surface area contributed by atoms with Crippen molar-refractivity contribution in [2.45, 2.75) is 18.9 Å². The van der Waals surface area contributed by atoms with E-state index < -0.39 is 17.9 Å². The van der Waals surface area contributed by atoms with Gasteiger partial charge in [0.05, 0.1) is 12.3 Å². The molecule has 7 heteroatoms. The number of aliphatic carboxylic acids is 1. The molecule has 1 aliphatic rings. The predicted octanol–water partition coefficient (Wildman–Crippen LogP) is 1.69. The van der Waals surface area contributed by atoms with Gasteiger partial charge in [0, 0.05) is 18.1 Å². The molecule has 2 atom stereocenters. The van der Waals surface area contributed by atoms with Crippen molar-refractivity contribution in [3.8, 4) is 11.3 Å². The number of rotatable bonds is 5. The first-order valence-corrected chi connectivity index (χ1v) is 7.87.